The molecule has 21 heavy (non-hydrogen) atoms. The Hall–Kier alpha value is -1.34. The summed E-state index contributed by atoms with van der Waals surface area (Å²) in [6.07, 6.45) is 3.68. The number of urea groups is 1. The van der Waals surface area contributed by atoms with E-state index in [1.54, 1.807) is 12.2 Å². The van der Waals surface area contributed by atoms with Crippen LogP contribution in [-0.2, 0) is 4.79 Å². The van der Waals surface area contributed by atoms with Gasteiger partial charge in [-0.3, -0.25) is 4.79 Å². The van der Waals surface area contributed by atoms with Gasteiger partial charge in [0.25, 0.3) is 0 Å². The first-order valence-corrected chi connectivity index (χ1v) is 7.89. The number of carbonyl (C=O) groups excluding carboxylic acids is 1. The lowest BCUT2D eigenvalue weighted by molar-refractivity contribution is -0.140. The molecular formula is C14H14Br2N2O3. The lowest BCUT2D eigenvalue weighted by Gasteiger charge is -2.15. The van der Waals surface area contributed by atoms with Gasteiger partial charge in [-0.1, -0.05) is 12.2 Å². The number of hydrogen-bond acceptors (Lipinski definition) is 2. The zero-order chi connectivity index (χ0) is 15.6. The molecule has 0 saturated heterocycles. The Labute approximate surface area is 139 Å². The summed E-state index contributed by atoms with van der Waals surface area (Å²) >= 11 is 6.81. The molecule has 7 heteroatoms. The minimum absolute atomic E-state index is 0.269. The molecule has 2 amide bonds. The number of carboxylic acids is 1. The predicted molar refractivity (Wildman–Crippen MR) is 87.4 cm³/mol. The number of amides is 2. The van der Waals surface area contributed by atoms with E-state index in [0.717, 1.165) is 14.5 Å². The molecule has 0 saturated carbocycles. The number of aryl methyl sites for hydroxylation is 1. The Morgan fingerprint density at radius 2 is 1.86 bits per heavy atom. The monoisotopic (exact) mass is 416 g/mol. The van der Waals surface area contributed by atoms with Gasteiger partial charge in [0.1, 0.15) is 0 Å². The first-order chi connectivity index (χ1) is 9.86. The molecule has 2 rings (SSSR count). The molecule has 0 aromatic heterocycles. The van der Waals surface area contributed by atoms with Crippen molar-refractivity contribution in [3.63, 3.8) is 0 Å². The van der Waals surface area contributed by atoms with Crippen molar-refractivity contribution in [3.05, 3.63) is 38.8 Å². The maximum absolute atomic E-state index is 12.0. The van der Waals surface area contributed by atoms with E-state index in [2.05, 4.69) is 42.5 Å². The molecule has 0 radical (unpaired) electrons. The first kappa shape index (κ1) is 16.0. The molecule has 5 nitrogen and oxygen atoms in total. The minimum atomic E-state index is -0.875. The van der Waals surface area contributed by atoms with E-state index >= 15 is 0 Å². The quantitative estimate of drug-likeness (QED) is 0.656. The van der Waals surface area contributed by atoms with Crippen molar-refractivity contribution >= 4 is 49.5 Å². The van der Waals surface area contributed by atoms with Crippen molar-refractivity contribution < 1.29 is 14.7 Å². The highest BCUT2D eigenvalue weighted by Gasteiger charge is 2.25. The number of nitrogens with one attached hydrogen (secondary N) is 2. The van der Waals surface area contributed by atoms with Gasteiger partial charge in [-0.05, 0) is 62.9 Å². The van der Waals surface area contributed by atoms with Gasteiger partial charge >= 0.3 is 12.0 Å². The van der Waals surface area contributed by atoms with Crippen LogP contribution in [-0.4, -0.2) is 23.1 Å². The van der Waals surface area contributed by atoms with E-state index in [9.17, 15) is 9.59 Å². The standard InChI is InChI=1S/C14H14Br2N2O3/c1-7-4-10(15)12(11(16)5-7)18-14(21)17-9-3-2-8(6-9)13(19)20/h2-5,8-9H,6H2,1H3,(H,19,20)(H2,17,18,21). The number of carboxylic acid groups (broad SMARTS) is 1. The Kier molecular flexibility index (Phi) is 5.05. The van der Waals surface area contributed by atoms with E-state index in [1.807, 2.05) is 19.1 Å². The second-order valence-electron chi connectivity index (χ2n) is 4.87. The third-order valence-corrected chi connectivity index (χ3v) is 4.39. The number of benzene rings is 1. The summed E-state index contributed by atoms with van der Waals surface area (Å²) in [7, 11) is 0. The number of aliphatic carboxylic acids is 1. The molecule has 0 aliphatic heterocycles. The van der Waals surface area contributed by atoms with E-state index in [-0.39, 0.29) is 12.1 Å². The third kappa shape index (κ3) is 4.07. The molecule has 0 bridgehead atoms. The van der Waals surface area contributed by atoms with Crippen molar-refractivity contribution in [2.75, 3.05) is 5.32 Å². The number of anilines is 1. The van der Waals surface area contributed by atoms with Gasteiger partial charge < -0.3 is 15.7 Å². The molecular weight excluding hydrogens is 404 g/mol. The Bertz CT molecular complexity index is 593. The van der Waals surface area contributed by atoms with Crippen LogP contribution in [0.3, 0.4) is 0 Å². The Morgan fingerprint density at radius 3 is 2.38 bits per heavy atom. The molecule has 0 fully saturated rings. The second-order valence-corrected chi connectivity index (χ2v) is 6.58. The fourth-order valence-electron chi connectivity index (χ4n) is 2.13. The molecule has 2 unspecified atom stereocenters. The van der Waals surface area contributed by atoms with Crippen molar-refractivity contribution in [1.82, 2.24) is 5.32 Å². The summed E-state index contributed by atoms with van der Waals surface area (Å²) in [5.41, 5.74) is 1.69. The van der Waals surface area contributed by atoms with E-state index < -0.39 is 11.9 Å². The lowest BCUT2D eigenvalue weighted by atomic mass is 10.1. The van der Waals surface area contributed by atoms with E-state index in [1.165, 1.54) is 0 Å². The number of halogens is 2. The molecule has 0 heterocycles. The topological polar surface area (TPSA) is 78.4 Å². The normalized spacial score (nSPS) is 20.3. The van der Waals surface area contributed by atoms with Crippen molar-refractivity contribution in [2.45, 2.75) is 19.4 Å². The molecule has 1 aromatic carbocycles. The van der Waals surface area contributed by atoms with Crippen LogP contribution >= 0.6 is 31.9 Å². The van der Waals surface area contributed by atoms with Crippen LogP contribution in [0.4, 0.5) is 10.5 Å². The van der Waals surface area contributed by atoms with Gasteiger partial charge in [-0.25, -0.2) is 4.79 Å². The predicted octanol–water partition coefficient (Wildman–Crippen LogP) is 3.67. The van der Waals surface area contributed by atoms with Crippen LogP contribution in [0.2, 0.25) is 0 Å². The smallest absolute Gasteiger partial charge is 0.319 e. The van der Waals surface area contributed by atoms with E-state index in [4.69, 9.17) is 5.11 Å². The highest BCUT2D eigenvalue weighted by Crippen LogP contribution is 2.32. The van der Waals surface area contributed by atoms with Gasteiger partial charge in [-0.2, -0.15) is 0 Å². The second kappa shape index (κ2) is 6.62. The minimum Gasteiger partial charge on any atom is -0.481 e. The van der Waals surface area contributed by atoms with Crippen LogP contribution in [0.15, 0.2) is 33.2 Å². The highest BCUT2D eigenvalue weighted by molar-refractivity contribution is 9.11. The Morgan fingerprint density at radius 1 is 1.24 bits per heavy atom. The fourth-order valence-corrected chi connectivity index (χ4v) is 3.74. The molecule has 3 N–H and O–H groups in total. The largest absolute Gasteiger partial charge is 0.481 e. The van der Waals surface area contributed by atoms with E-state index in [0.29, 0.717) is 12.1 Å². The summed E-state index contributed by atoms with van der Waals surface area (Å²) in [4.78, 5) is 22.8. The number of rotatable bonds is 3. The van der Waals surface area contributed by atoms with Crippen LogP contribution in [0, 0.1) is 12.8 Å². The molecule has 112 valence electrons. The fraction of sp³-hybridized carbons (Fsp3) is 0.286. The zero-order valence-electron chi connectivity index (χ0n) is 11.2. The summed E-state index contributed by atoms with van der Waals surface area (Å²) in [5.74, 6) is -1.41. The average Bonchev–Trinajstić information content (AvgIpc) is 2.82. The summed E-state index contributed by atoms with van der Waals surface area (Å²) in [6, 6.07) is 3.15. The SMILES string of the molecule is Cc1cc(Br)c(NC(=O)NC2C=CC(C(=O)O)C2)c(Br)c1. The summed E-state index contributed by atoms with van der Waals surface area (Å²) < 4.78 is 1.55. The van der Waals surface area contributed by atoms with Gasteiger partial charge in [0.05, 0.1) is 17.6 Å². The van der Waals surface area contributed by atoms with Gasteiger partial charge in [0.15, 0.2) is 0 Å². The van der Waals surface area contributed by atoms with Crippen LogP contribution in [0.25, 0.3) is 0 Å². The highest BCUT2D eigenvalue weighted by atomic mass is 79.9. The zero-order valence-corrected chi connectivity index (χ0v) is 14.4. The van der Waals surface area contributed by atoms with Crippen molar-refractivity contribution in [3.8, 4) is 0 Å². The van der Waals surface area contributed by atoms with Crippen LogP contribution < -0.4 is 10.6 Å². The van der Waals surface area contributed by atoms with Gasteiger partial charge in [-0.15, -0.1) is 0 Å². The van der Waals surface area contributed by atoms with Crippen LogP contribution in [0.1, 0.15) is 12.0 Å². The summed E-state index contributed by atoms with van der Waals surface area (Å²) in [6.45, 7) is 1.95. The average molecular weight is 418 g/mol. The maximum atomic E-state index is 12.0. The van der Waals surface area contributed by atoms with Crippen molar-refractivity contribution in [2.24, 2.45) is 5.92 Å². The molecule has 1 aliphatic carbocycles. The van der Waals surface area contributed by atoms with Gasteiger partial charge in [0, 0.05) is 8.95 Å². The molecule has 2 atom stereocenters. The molecule has 1 aliphatic rings. The Balaban J connectivity index is 1.98. The maximum Gasteiger partial charge on any atom is 0.319 e. The number of carbonyl (C=O) groups is 2. The molecule has 1 aromatic rings. The van der Waals surface area contributed by atoms with Gasteiger partial charge in [0.2, 0.25) is 0 Å². The summed E-state index contributed by atoms with van der Waals surface area (Å²) in [5, 5.41) is 14.4. The lowest BCUT2D eigenvalue weighted by Crippen LogP contribution is -2.36. The molecule has 0 spiro atoms. The number of hydrogen-bond donors (Lipinski definition) is 3. The van der Waals surface area contributed by atoms with Crippen LogP contribution in [0.5, 0.6) is 0 Å². The van der Waals surface area contributed by atoms with Crippen molar-refractivity contribution in [1.29, 1.82) is 0 Å². The first-order valence-electron chi connectivity index (χ1n) is 6.31. The third-order valence-electron chi connectivity index (χ3n) is 3.14.